The number of rotatable bonds is 5. The molecule has 11 heteroatoms. The van der Waals surface area contributed by atoms with Gasteiger partial charge in [-0.3, -0.25) is 0 Å². The van der Waals surface area contributed by atoms with Crippen LogP contribution in [-0.2, 0) is 16.6 Å². The lowest BCUT2D eigenvalue weighted by molar-refractivity contribution is 0.339. The summed E-state index contributed by atoms with van der Waals surface area (Å²) in [5, 5.41) is 0.697. The van der Waals surface area contributed by atoms with Crippen LogP contribution in [0.3, 0.4) is 0 Å². The highest BCUT2D eigenvalue weighted by molar-refractivity contribution is 8.93. The predicted octanol–water partition coefficient (Wildman–Crippen LogP) is 2.21. The second-order valence-electron chi connectivity index (χ2n) is 6.90. The first-order chi connectivity index (χ1) is 12.9. The molecular weight excluding hydrogens is 524 g/mol. The van der Waals surface area contributed by atoms with Gasteiger partial charge in [-0.05, 0) is 36.6 Å². The van der Waals surface area contributed by atoms with Crippen LogP contribution in [0.15, 0.2) is 47.8 Å². The molecule has 0 unspecified atom stereocenters. The van der Waals surface area contributed by atoms with Crippen LogP contribution in [0.4, 0.5) is 5.82 Å². The molecule has 2 heterocycles. The van der Waals surface area contributed by atoms with Crippen LogP contribution in [0.2, 0.25) is 0 Å². The van der Waals surface area contributed by atoms with Gasteiger partial charge < -0.3 is 16.4 Å². The van der Waals surface area contributed by atoms with Crippen LogP contribution < -0.4 is 16.4 Å². The Balaban J connectivity index is 0.00000150. The van der Waals surface area contributed by atoms with Gasteiger partial charge in [0.15, 0.2) is 5.65 Å². The molecule has 4 rings (SSSR count). The van der Waals surface area contributed by atoms with Gasteiger partial charge in [-0.15, -0.1) is 34.0 Å². The third-order valence-electron chi connectivity index (χ3n) is 5.17. The third kappa shape index (κ3) is 4.19. The molecule has 158 valence electrons. The fraction of sp³-hybridized carbons (Fsp3) is 0.333. The van der Waals surface area contributed by atoms with Gasteiger partial charge in [0.1, 0.15) is 12.1 Å². The lowest BCUT2D eigenvalue weighted by atomic mass is 9.86. The summed E-state index contributed by atoms with van der Waals surface area (Å²) in [5.41, 5.74) is 12.7. The molecule has 0 saturated heterocycles. The van der Waals surface area contributed by atoms with Crippen molar-refractivity contribution in [2.24, 2.45) is 11.5 Å². The maximum Gasteiger partial charge on any atom is 0.269 e. The van der Waals surface area contributed by atoms with E-state index in [1.165, 1.54) is 16.5 Å². The van der Waals surface area contributed by atoms with Gasteiger partial charge in [-0.1, -0.05) is 12.1 Å². The Kier molecular flexibility index (Phi) is 7.44. The Bertz CT molecular complexity index is 1080. The summed E-state index contributed by atoms with van der Waals surface area (Å²) in [6.45, 7) is 0.362. The van der Waals surface area contributed by atoms with E-state index >= 15 is 0 Å². The van der Waals surface area contributed by atoms with E-state index in [0.29, 0.717) is 29.4 Å². The molecule has 8 nitrogen and oxygen atoms in total. The van der Waals surface area contributed by atoms with Crippen molar-refractivity contribution in [3.05, 3.63) is 48.4 Å². The Hall–Kier alpha value is -1.53. The average Bonchev–Trinajstić information content (AvgIpc) is 3.10. The minimum atomic E-state index is -3.76. The van der Waals surface area contributed by atoms with Gasteiger partial charge in [0, 0.05) is 31.9 Å². The number of nitrogens with zero attached hydrogens (tertiary/aromatic N) is 4. The quantitative estimate of drug-likeness (QED) is 0.502. The van der Waals surface area contributed by atoms with E-state index in [-0.39, 0.29) is 44.9 Å². The Morgan fingerprint density at radius 3 is 2.38 bits per heavy atom. The lowest BCUT2D eigenvalue weighted by Gasteiger charge is -2.40. The second-order valence-corrected chi connectivity index (χ2v) is 8.71. The van der Waals surface area contributed by atoms with Crippen molar-refractivity contribution in [2.75, 3.05) is 11.9 Å². The van der Waals surface area contributed by atoms with Gasteiger partial charge in [0.05, 0.1) is 10.3 Å². The maximum atomic E-state index is 13.1. The molecule has 1 aromatic carbocycles. The summed E-state index contributed by atoms with van der Waals surface area (Å²) in [6, 6.07) is 8.82. The van der Waals surface area contributed by atoms with Gasteiger partial charge in [-0.25, -0.2) is 22.4 Å². The van der Waals surface area contributed by atoms with Crippen LogP contribution in [0.5, 0.6) is 0 Å². The van der Waals surface area contributed by atoms with E-state index in [9.17, 15) is 8.42 Å². The molecule has 4 N–H and O–H groups in total. The van der Waals surface area contributed by atoms with E-state index in [0.717, 1.165) is 18.4 Å². The summed E-state index contributed by atoms with van der Waals surface area (Å²) in [5.74, 6) is 0.712. The van der Waals surface area contributed by atoms with Crippen LogP contribution in [0.25, 0.3) is 11.0 Å². The zero-order chi connectivity index (χ0) is 19.2. The molecule has 0 atom stereocenters. The highest BCUT2D eigenvalue weighted by Crippen LogP contribution is 2.31. The third-order valence-corrected chi connectivity index (χ3v) is 6.85. The average molecular weight is 548 g/mol. The molecular formula is C18H24Br2N6O2S. The summed E-state index contributed by atoms with van der Waals surface area (Å²) in [4.78, 5) is 10.9. The number of halogens is 2. The molecule has 1 aliphatic carbocycles. The molecule has 3 aromatic rings. The van der Waals surface area contributed by atoms with Gasteiger partial charge in [0.2, 0.25) is 0 Å². The first-order valence-corrected chi connectivity index (χ1v) is 10.2. The molecule has 2 aromatic heterocycles. The number of nitrogens with two attached hydrogens (primary N) is 2. The number of hydrogen-bond acceptors (Lipinski definition) is 7. The second kappa shape index (κ2) is 9.09. The molecule has 1 fully saturated rings. The van der Waals surface area contributed by atoms with Crippen molar-refractivity contribution in [1.29, 1.82) is 0 Å². The van der Waals surface area contributed by atoms with E-state index in [2.05, 4.69) is 14.9 Å². The van der Waals surface area contributed by atoms with E-state index in [1.807, 2.05) is 7.05 Å². The number of anilines is 1. The van der Waals surface area contributed by atoms with Crippen LogP contribution in [0, 0.1) is 0 Å². The van der Waals surface area contributed by atoms with Crippen LogP contribution in [-0.4, -0.2) is 41.5 Å². The Morgan fingerprint density at radius 1 is 1.14 bits per heavy atom. The smallest absolute Gasteiger partial charge is 0.269 e. The predicted molar refractivity (Wildman–Crippen MR) is 124 cm³/mol. The van der Waals surface area contributed by atoms with E-state index in [4.69, 9.17) is 11.5 Å². The van der Waals surface area contributed by atoms with Crippen molar-refractivity contribution < 1.29 is 8.42 Å². The van der Waals surface area contributed by atoms with Gasteiger partial charge in [0.25, 0.3) is 10.0 Å². The lowest BCUT2D eigenvalue weighted by Crippen LogP contribution is -2.49. The zero-order valence-electron chi connectivity index (χ0n) is 15.8. The number of aromatic nitrogens is 3. The van der Waals surface area contributed by atoms with Crippen LogP contribution >= 0.6 is 34.0 Å². The summed E-state index contributed by atoms with van der Waals surface area (Å²) < 4.78 is 27.3. The monoisotopic (exact) mass is 546 g/mol. The van der Waals surface area contributed by atoms with Crippen LogP contribution in [0.1, 0.15) is 18.4 Å². The fourth-order valence-corrected chi connectivity index (χ4v) is 4.72. The van der Waals surface area contributed by atoms with Gasteiger partial charge >= 0.3 is 0 Å². The molecule has 1 saturated carbocycles. The van der Waals surface area contributed by atoms with Crippen molar-refractivity contribution >= 4 is 60.8 Å². The summed E-state index contributed by atoms with van der Waals surface area (Å²) in [7, 11) is -1.81. The van der Waals surface area contributed by atoms with Crippen molar-refractivity contribution in [3.63, 3.8) is 0 Å². The minimum Gasteiger partial charge on any atom is -0.356 e. The zero-order valence-corrected chi connectivity index (χ0v) is 20.0. The maximum absolute atomic E-state index is 13.1. The van der Waals surface area contributed by atoms with Gasteiger partial charge in [-0.2, -0.15) is 0 Å². The largest absolute Gasteiger partial charge is 0.356 e. The molecule has 1 aliphatic rings. The summed E-state index contributed by atoms with van der Waals surface area (Å²) >= 11 is 0. The van der Waals surface area contributed by atoms with E-state index in [1.54, 1.807) is 30.3 Å². The first-order valence-electron chi connectivity index (χ1n) is 8.77. The number of hydrogen-bond donors (Lipinski definition) is 2. The molecule has 0 radical (unpaired) electrons. The molecule has 0 amide bonds. The standard InChI is InChI=1S/C18H22N6O2S.2BrH/c1-23(14-8-13(20)9-14)17-16-6-7-24(18(16)22-11-21-17)27(25,26)15-4-2-12(10-19)3-5-15;;/h2-7,11,13-14H,8-10,19-20H2,1H3;2*1H/t13-,14+;;. The molecule has 0 bridgehead atoms. The Labute approximate surface area is 190 Å². The topological polar surface area (TPSA) is 120 Å². The van der Waals surface area contributed by atoms with Crippen molar-refractivity contribution in [1.82, 2.24) is 13.9 Å². The summed E-state index contributed by atoms with van der Waals surface area (Å²) in [6.07, 6.45) is 4.72. The van der Waals surface area contributed by atoms with Crippen molar-refractivity contribution in [3.8, 4) is 0 Å². The molecule has 0 aliphatic heterocycles. The normalized spacial score (nSPS) is 18.4. The van der Waals surface area contributed by atoms with Crippen molar-refractivity contribution in [2.45, 2.75) is 36.4 Å². The highest BCUT2D eigenvalue weighted by atomic mass is 79.9. The minimum absolute atomic E-state index is 0. The van der Waals surface area contributed by atoms with E-state index < -0.39 is 10.0 Å². The Morgan fingerprint density at radius 2 is 1.79 bits per heavy atom. The molecule has 0 spiro atoms. The molecule has 29 heavy (non-hydrogen) atoms. The highest BCUT2D eigenvalue weighted by Gasteiger charge is 2.31. The number of fused-ring (bicyclic) bond motifs is 1. The first kappa shape index (κ1) is 23.7. The number of benzene rings is 1. The fourth-order valence-electron chi connectivity index (χ4n) is 3.42. The SMILES string of the molecule is Br.Br.CN(c1ncnc2c1ccn2S(=O)(=O)c1ccc(CN)cc1)[C@H]1C[C@@H](N)C1.